The average Bonchev–Trinajstić information content (AvgIpc) is 2.94. The summed E-state index contributed by atoms with van der Waals surface area (Å²) >= 11 is 0. The van der Waals surface area contributed by atoms with Crippen molar-refractivity contribution in [2.75, 3.05) is 0 Å². The van der Waals surface area contributed by atoms with Gasteiger partial charge in [0.25, 0.3) is 0 Å². The van der Waals surface area contributed by atoms with E-state index in [1.165, 1.54) is 27.9 Å². The molecule has 0 saturated heterocycles. The summed E-state index contributed by atoms with van der Waals surface area (Å²) in [6, 6.07) is 2.19. The van der Waals surface area contributed by atoms with Crippen LogP contribution in [0, 0.1) is 20.8 Å². The van der Waals surface area contributed by atoms with E-state index < -0.39 is 0 Å². The molecule has 0 radical (unpaired) electrons. The Morgan fingerprint density at radius 2 is 2.05 bits per heavy atom. The Balaban J connectivity index is 2.05. The zero-order valence-electron chi connectivity index (χ0n) is 12.5. The summed E-state index contributed by atoms with van der Waals surface area (Å²) < 4.78 is 2.28. The summed E-state index contributed by atoms with van der Waals surface area (Å²) in [5, 5.41) is 1.20. The van der Waals surface area contributed by atoms with E-state index in [-0.39, 0.29) is 0 Å². The van der Waals surface area contributed by atoms with Crippen LogP contribution in [0.1, 0.15) is 35.3 Å². The fourth-order valence-corrected chi connectivity index (χ4v) is 2.77. The molecule has 104 valence electrons. The van der Waals surface area contributed by atoms with Crippen molar-refractivity contribution in [2.24, 2.45) is 0 Å². The number of fused-ring (bicyclic) bond motifs is 1. The number of H-pyrrole nitrogens is 1. The molecule has 3 heterocycles. The summed E-state index contributed by atoms with van der Waals surface area (Å²) in [6.07, 6.45) is 4.93. The molecule has 0 aliphatic heterocycles. The highest BCUT2D eigenvalue weighted by molar-refractivity contribution is 5.80. The molecule has 20 heavy (non-hydrogen) atoms. The second kappa shape index (κ2) is 4.78. The number of imidazole rings is 1. The molecule has 0 fully saturated rings. The van der Waals surface area contributed by atoms with Crippen LogP contribution in [0.5, 0.6) is 0 Å². The van der Waals surface area contributed by atoms with Crippen molar-refractivity contribution < 1.29 is 0 Å². The van der Waals surface area contributed by atoms with Gasteiger partial charge in [-0.2, -0.15) is 0 Å². The van der Waals surface area contributed by atoms with Crippen molar-refractivity contribution in [3.63, 3.8) is 0 Å². The molecule has 1 N–H and O–H groups in total. The number of hydrogen-bond donors (Lipinski definition) is 1. The van der Waals surface area contributed by atoms with Crippen molar-refractivity contribution in [3.05, 3.63) is 46.8 Å². The third-order valence-corrected chi connectivity index (χ3v) is 3.93. The second-order valence-electron chi connectivity index (χ2n) is 5.35. The minimum atomic E-state index is 0.843. The molecule has 0 spiro atoms. The van der Waals surface area contributed by atoms with Crippen molar-refractivity contribution in [1.29, 1.82) is 0 Å². The molecule has 3 aromatic heterocycles. The summed E-state index contributed by atoms with van der Waals surface area (Å²) in [4.78, 5) is 12.3. The standard InChI is InChI=1S/C16H20N4/c1-5-15-11(3)20(12(4)19-15)9-13-8-18-16-14(13)6-10(2)7-17-16/h6-8H,5,9H2,1-4H3,(H,17,18). The number of aromatic nitrogens is 4. The molecule has 0 unspecified atom stereocenters. The number of aromatic amines is 1. The van der Waals surface area contributed by atoms with Gasteiger partial charge in [0.15, 0.2) is 0 Å². The molecule has 0 amide bonds. The number of aryl methyl sites for hydroxylation is 3. The van der Waals surface area contributed by atoms with Gasteiger partial charge >= 0.3 is 0 Å². The van der Waals surface area contributed by atoms with Crippen LogP contribution in [0.3, 0.4) is 0 Å². The fourth-order valence-electron chi connectivity index (χ4n) is 2.77. The fraction of sp³-hybridized carbons (Fsp3) is 0.375. The highest BCUT2D eigenvalue weighted by atomic mass is 15.1. The van der Waals surface area contributed by atoms with Gasteiger partial charge in [0.2, 0.25) is 0 Å². The van der Waals surface area contributed by atoms with Gasteiger partial charge in [-0.1, -0.05) is 6.92 Å². The Bertz CT molecular complexity index is 764. The van der Waals surface area contributed by atoms with Crippen molar-refractivity contribution in [3.8, 4) is 0 Å². The van der Waals surface area contributed by atoms with Gasteiger partial charge in [-0.05, 0) is 44.4 Å². The molecule has 0 atom stereocenters. The molecular weight excluding hydrogens is 248 g/mol. The molecule has 3 rings (SSSR count). The SMILES string of the molecule is CCc1nc(C)n(Cc2c[nH]c3ncc(C)cc23)c1C. The molecule has 0 aliphatic carbocycles. The Hall–Kier alpha value is -2.10. The molecule has 3 aromatic rings. The molecule has 0 saturated carbocycles. The zero-order valence-corrected chi connectivity index (χ0v) is 12.5. The van der Waals surface area contributed by atoms with Crippen LogP contribution in [-0.2, 0) is 13.0 Å². The summed E-state index contributed by atoms with van der Waals surface area (Å²) in [6.45, 7) is 9.29. The first kappa shape index (κ1) is 12.9. The van der Waals surface area contributed by atoms with Gasteiger partial charge < -0.3 is 9.55 Å². The maximum atomic E-state index is 4.64. The van der Waals surface area contributed by atoms with E-state index in [1.54, 1.807) is 0 Å². The van der Waals surface area contributed by atoms with Gasteiger partial charge in [-0.25, -0.2) is 9.97 Å². The first-order chi connectivity index (χ1) is 9.60. The Morgan fingerprint density at radius 3 is 2.75 bits per heavy atom. The molecule has 0 aromatic carbocycles. The van der Waals surface area contributed by atoms with Gasteiger partial charge in [0.1, 0.15) is 11.5 Å². The first-order valence-electron chi connectivity index (χ1n) is 7.05. The van der Waals surface area contributed by atoms with Crippen LogP contribution in [0.15, 0.2) is 18.5 Å². The lowest BCUT2D eigenvalue weighted by atomic mass is 10.2. The summed E-state index contributed by atoms with van der Waals surface area (Å²) in [5.41, 5.74) is 5.86. The minimum Gasteiger partial charge on any atom is -0.346 e. The largest absolute Gasteiger partial charge is 0.346 e. The van der Waals surface area contributed by atoms with Crippen LogP contribution in [0.4, 0.5) is 0 Å². The smallest absolute Gasteiger partial charge is 0.137 e. The number of pyridine rings is 1. The lowest BCUT2D eigenvalue weighted by Gasteiger charge is -2.07. The van der Waals surface area contributed by atoms with E-state index in [0.717, 1.165) is 24.4 Å². The van der Waals surface area contributed by atoms with Crippen LogP contribution in [0.2, 0.25) is 0 Å². The van der Waals surface area contributed by atoms with Crippen LogP contribution in [-0.4, -0.2) is 19.5 Å². The Morgan fingerprint density at radius 1 is 1.25 bits per heavy atom. The van der Waals surface area contributed by atoms with Gasteiger partial charge in [-0.3, -0.25) is 0 Å². The highest BCUT2D eigenvalue weighted by Crippen LogP contribution is 2.21. The second-order valence-corrected chi connectivity index (χ2v) is 5.35. The molecule has 4 heteroatoms. The first-order valence-corrected chi connectivity index (χ1v) is 7.05. The van der Waals surface area contributed by atoms with Gasteiger partial charge in [-0.15, -0.1) is 0 Å². The summed E-state index contributed by atoms with van der Waals surface area (Å²) in [7, 11) is 0. The number of rotatable bonds is 3. The van der Waals surface area contributed by atoms with Gasteiger partial charge in [0, 0.05) is 23.5 Å². The van der Waals surface area contributed by atoms with Crippen LogP contribution >= 0.6 is 0 Å². The van der Waals surface area contributed by atoms with E-state index in [4.69, 9.17) is 0 Å². The third kappa shape index (κ3) is 2.01. The van der Waals surface area contributed by atoms with E-state index >= 15 is 0 Å². The normalized spacial score (nSPS) is 11.4. The van der Waals surface area contributed by atoms with E-state index in [1.807, 2.05) is 6.20 Å². The van der Waals surface area contributed by atoms with Crippen molar-refractivity contribution in [2.45, 2.75) is 40.7 Å². The lowest BCUT2D eigenvalue weighted by Crippen LogP contribution is -2.04. The monoisotopic (exact) mass is 268 g/mol. The average molecular weight is 268 g/mol. The number of nitrogens with one attached hydrogen (secondary N) is 1. The number of nitrogens with zero attached hydrogens (tertiary/aromatic N) is 3. The van der Waals surface area contributed by atoms with E-state index in [0.29, 0.717) is 0 Å². The maximum absolute atomic E-state index is 4.64. The number of hydrogen-bond acceptors (Lipinski definition) is 2. The quantitative estimate of drug-likeness (QED) is 0.792. The van der Waals surface area contributed by atoms with Crippen LogP contribution < -0.4 is 0 Å². The lowest BCUT2D eigenvalue weighted by molar-refractivity contribution is 0.741. The Kier molecular flexibility index (Phi) is 3.08. The van der Waals surface area contributed by atoms with E-state index in [2.05, 4.69) is 59.5 Å². The van der Waals surface area contributed by atoms with E-state index in [9.17, 15) is 0 Å². The molecule has 0 aliphatic rings. The third-order valence-electron chi connectivity index (χ3n) is 3.93. The van der Waals surface area contributed by atoms with Crippen molar-refractivity contribution in [1.82, 2.24) is 19.5 Å². The maximum Gasteiger partial charge on any atom is 0.137 e. The Labute approximate surface area is 118 Å². The van der Waals surface area contributed by atoms with Crippen LogP contribution in [0.25, 0.3) is 11.0 Å². The highest BCUT2D eigenvalue weighted by Gasteiger charge is 2.12. The molecular formula is C16H20N4. The predicted octanol–water partition coefficient (Wildman–Crippen LogP) is 3.30. The molecule has 0 bridgehead atoms. The zero-order chi connectivity index (χ0) is 14.3. The summed E-state index contributed by atoms with van der Waals surface area (Å²) in [5.74, 6) is 1.08. The molecule has 4 nitrogen and oxygen atoms in total. The predicted molar refractivity (Wildman–Crippen MR) is 81.0 cm³/mol. The topological polar surface area (TPSA) is 46.5 Å². The minimum absolute atomic E-state index is 0.843. The van der Waals surface area contributed by atoms with Crippen molar-refractivity contribution >= 4 is 11.0 Å². The van der Waals surface area contributed by atoms with Gasteiger partial charge in [0.05, 0.1) is 12.2 Å².